The second-order valence-electron chi connectivity index (χ2n) is 4.74. The van der Waals surface area contributed by atoms with Gasteiger partial charge in [0.2, 0.25) is 0 Å². The van der Waals surface area contributed by atoms with Gasteiger partial charge in [-0.2, -0.15) is 0 Å². The molecule has 1 unspecified atom stereocenters. The Morgan fingerprint density at radius 1 is 1.24 bits per heavy atom. The first-order valence-electron chi connectivity index (χ1n) is 5.97. The molecule has 0 saturated heterocycles. The maximum Gasteiger partial charge on any atom is 0.125 e. The van der Waals surface area contributed by atoms with Crippen molar-refractivity contribution in [1.29, 1.82) is 0 Å². The summed E-state index contributed by atoms with van der Waals surface area (Å²) in [5.74, 6) is 1.22. The number of aryl methyl sites for hydroxylation is 1. The van der Waals surface area contributed by atoms with Crippen LogP contribution in [0.1, 0.15) is 37.3 Å². The summed E-state index contributed by atoms with van der Waals surface area (Å²) < 4.78 is 0. The van der Waals surface area contributed by atoms with Crippen molar-refractivity contribution in [3.8, 4) is 10.6 Å². The number of rotatable bonds is 3. The van der Waals surface area contributed by atoms with Crippen molar-refractivity contribution >= 4 is 11.3 Å². The molecule has 0 saturated carbocycles. The molecule has 0 fully saturated rings. The molecule has 0 amide bonds. The fourth-order valence-corrected chi connectivity index (χ4v) is 3.03. The van der Waals surface area contributed by atoms with Crippen LogP contribution in [-0.2, 0) is 0 Å². The van der Waals surface area contributed by atoms with Crippen LogP contribution in [0.15, 0.2) is 24.5 Å². The number of hydrogen-bond donors (Lipinski definition) is 0. The zero-order valence-corrected chi connectivity index (χ0v) is 11.6. The van der Waals surface area contributed by atoms with Gasteiger partial charge in [-0.15, -0.1) is 11.3 Å². The molecule has 0 aliphatic rings. The Hall–Kier alpha value is -1.22. The summed E-state index contributed by atoms with van der Waals surface area (Å²) in [6, 6.07) is 4.02. The fourth-order valence-electron chi connectivity index (χ4n) is 1.75. The summed E-state index contributed by atoms with van der Waals surface area (Å²) in [6.45, 7) is 8.89. The average molecular weight is 246 g/mol. The van der Waals surface area contributed by atoms with Crippen molar-refractivity contribution in [2.75, 3.05) is 0 Å². The fraction of sp³-hybridized carbons (Fsp3) is 0.429. The van der Waals surface area contributed by atoms with Gasteiger partial charge in [0.15, 0.2) is 0 Å². The lowest BCUT2D eigenvalue weighted by molar-refractivity contribution is 0.539. The maximum atomic E-state index is 4.66. The second kappa shape index (κ2) is 4.96. The largest absolute Gasteiger partial charge is 0.264 e. The van der Waals surface area contributed by atoms with E-state index in [0.29, 0.717) is 11.8 Å². The first kappa shape index (κ1) is 12.2. The van der Waals surface area contributed by atoms with Crippen LogP contribution in [-0.4, -0.2) is 9.97 Å². The molecule has 0 bridgehead atoms. The van der Waals surface area contributed by atoms with Crippen LogP contribution in [0.4, 0.5) is 0 Å². The summed E-state index contributed by atoms with van der Waals surface area (Å²) in [5, 5.41) is 1.08. The summed E-state index contributed by atoms with van der Waals surface area (Å²) in [7, 11) is 0. The molecule has 17 heavy (non-hydrogen) atoms. The highest BCUT2D eigenvalue weighted by molar-refractivity contribution is 7.15. The van der Waals surface area contributed by atoms with Gasteiger partial charge in [0.1, 0.15) is 5.01 Å². The normalized spacial score (nSPS) is 13.0. The molecule has 0 radical (unpaired) electrons. The van der Waals surface area contributed by atoms with Crippen molar-refractivity contribution in [3.63, 3.8) is 0 Å². The van der Waals surface area contributed by atoms with Crippen LogP contribution < -0.4 is 0 Å². The first-order chi connectivity index (χ1) is 8.09. The topological polar surface area (TPSA) is 25.8 Å². The third kappa shape index (κ3) is 2.55. The van der Waals surface area contributed by atoms with Gasteiger partial charge in [-0.05, 0) is 30.9 Å². The SMILES string of the molecule is Cc1nc(-c2cccnc2)sc1C(C)C(C)C. The van der Waals surface area contributed by atoms with E-state index in [-0.39, 0.29) is 0 Å². The zero-order chi connectivity index (χ0) is 12.4. The van der Waals surface area contributed by atoms with Gasteiger partial charge in [0.05, 0.1) is 5.69 Å². The highest BCUT2D eigenvalue weighted by atomic mass is 32.1. The Bertz CT molecular complexity index is 488. The predicted octanol–water partition coefficient (Wildman–Crippen LogP) is 4.27. The Morgan fingerprint density at radius 2 is 2.00 bits per heavy atom. The lowest BCUT2D eigenvalue weighted by Gasteiger charge is -2.13. The predicted molar refractivity (Wildman–Crippen MR) is 73.3 cm³/mol. The van der Waals surface area contributed by atoms with E-state index in [0.717, 1.165) is 16.3 Å². The van der Waals surface area contributed by atoms with E-state index in [9.17, 15) is 0 Å². The van der Waals surface area contributed by atoms with Crippen LogP contribution in [0.5, 0.6) is 0 Å². The first-order valence-corrected chi connectivity index (χ1v) is 6.79. The van der Waals surface area contributed by atoms with Gasteiger partial charge >= 0.3 is 0 Å². The molecule has 90 valence electrons. The summed E-state index contributed by atoms with van der Waals surface area (Å²) in [6.07, 6.45) is 3.67. The van der Waals surface area contributed by atoms with E-state index < -0.39 is 0 Å². The van der Waals surface area contributed by atoms with Crippen LogP contribution in [0, 0.1) is 12.8 Å². The highest BCUT2D eigenvalue weighted by Crippen LogP contribution is 2.35. The Morgan fingerprint density at radius 3 is 2.59 bits per heavy atom. The zero-order valence-electron chi connectivity index (χ0n) is 10.8. The molecule has 2 heterocycles. The van der Waals surface area contributed by atoms with E-state index in [1.54, 1.807) is 17.5 Å². The molecule has 0 aliphatic carbocycles. The van der Waals surface area contributed by atoms with Crippen LogP contribution in [0.2, 0.25) is 0 Å². The maximum absolute atomic E-state index is 4.66. The Balaban J connectivity index is 2.37. The molecule has 0 aromatic carbocycles. The molecular weight excluding hydrogens is 228 g/mol. The quantitative estimate of drug-likeness (QED) is 0.808. The van der Waals surface area contributed by atoms with E-state index >= 15 is 0 Å². The molecule has 0 aliphatic heterocycles. The van der Waals surface area contributed by atoms with Crippen LogP contribution in [0.25, 0.3) is 10.6 Å². The molecule has 2 rings (SSSR count). The van der Waals surface area contributed by atoms with Crippen molar-refractivity contribution in [1.82, 2.24) is 9.97 Å². The second-order valence-corrected chi connectivity index (χ2v) is 5.77. The van der Waals surface area contributed by atoms with Gasteiger partial charge in [0.25, 0.3) is 0 Å². The molecule has 2 aromatic heterocycles. The molecule has 0 N–H and O–H groups in total. The van der Waals surface area contributed by atoms with Crippen molar-refractivity contribution in [3.05, 3.63) is 35.1 Å². The lowest BCUT2D eigenvalue weighted by atomic mass is 9.96. The number of pyridine rings is 1. The molecule has 2 aromatic rings. The van der Waals surface area contributed by atoms with Crippen molar-refractivity contribution in [2.24, 2.45) is 5.92 Å². The molecule has 1 atom stereocenters. The van der Waals surface area contributed by atoms with E-state index in [4.69, 9.17) is 0 Å². The minimum Gasteiger partial charge on any atom is -0.264 e. The van der Waals surface area contributed by atoms with E-state index in [1.165, 1.54) is 4.88 Å². The number of aromatic nitrogens is 2. The third-order valence-electron chi connectivity index (χ3n) is 3.15. The Labute approximate surface area is 107 Å². The average Bonchev–Trinajstić information content (AvgIpc) is 2.71. The smallest absolute Gasteiger partial charge is 0.125 e. The van der Waals surface area contributed by atoms with Crippen LogP contribution >= 0.6 is 11.3 Å². The molecule has 0 spiro atoms. The van der Waals surface area contributed by atoms with Gasteiger partial charge in [-0.1, -0.05) is 20.8 Å². The number of hydrogen-bond acceptors (Lipinski definition) is 3. The van der Waals surface area contributed by atoms with Crippen molar-refractivity contribution < 1.29 is 0 Å². The number of thiazole rings is 1. The van der Waals surface area contributed by atoms with E-state index in [2.05, 4.69) is 43.7 Å². The van der Waals surface area contributed by atoms with Crippen LogP contribution in [0.3, 0.4) is 0 Å². The van der Waals surface area contributed by atoms with Gasteiger partial charge in [-0.25, -0.2) is 4.98 Å². The standard InChI is InChI=1S/C14H18N2S/c1-9(2)10(3)13-11(4)16-14(17-13)12-6-5-7-15-8-12/h5-10H,1-4H3. The third-order valence-corrected chi connectivity index (χ3v) is 4.56. The molecule has 3 heteroatoms. The summed E-state index contributed by atoms with van der Waals surface area (Å²) in [4.78, 5) is 10.2. The highest BCUT2D eigenvalue weighted by Gasteiger charge is 2.17. The van der Waals surface area contributed by atoms with Gasteiger partial charge in [0, 0.05) is 22.8 Å². The van der Waals surface area contributed by atoms with Crippen molar-refractivity contribution in [2.45, 2.75) is 33.6 Å². The number of nitrogens with zero attached hydrogens (tertiary/aromatic N) is 2. The van der Waals surface area contributed by atoms with E-state index in [1.807, 2.05) is 12.3 Å². The summed E-state index contributed by atoms with van der Waals surface area (Å²) in [5.41, 5.74) is 2.28. The van der Waals surface area contributed by atoms with Gasteiger partial charge in [-0.3, -0.25) is 4.98 Å². The summed E-state index contributed by atoms with van der Waals surface area (Å²) >= 11 is 1.80. The lowest BCUT2D eigenvalue weighted by Crippen LogP contribution is -2.01. The monoisotopic (exact) mass is 246 g/mol. The minimum atomic E-state index is 0.568. The molecular formula is C14H18N2S. The Kier molecular flexibility index (Phi) is 3.57. The minimum absolute atomic E-state index is 0.568. The molecule has 2 nitrogen and oxygen atoms in total. The van der Waals surface area contributed by atoms with Gasteiger partial charge < -0.3 is 0 Å².